The predicted molar refractivity (Wildman–Crippen MR) is 127 cm³/mol. The Morgan fingerprint density at radius 3 is 2.74 bits per heavy atom. The van der Waals surface area contributed by atoms with Crippen molar-refractivity contribution in [1.82, 2.24) is 9.80 Å². The molecule has 0 bridgehead atoms. The first-order valence-corrected chi connectivity index (χ1v) is 11.5. The van der Waals surface area contributed by atoms with Crippen LogP contribution in [0.5, 0.6) is 5.75 Å². The van der Waals surface area contributed by atoms with Crippen molar-refractivity contribution in [2.45, 2.75) is 25.5 Å². The summed E-state index contributed by atoms with van der Waals surface area (Å²) in [6.45, 7) is 2.56. The Morgan fingerprint density at radius 1 is 1.32 bits per heavy atom. The van der Waals surface area contributed by atoms with Gasteiger partial charge in [0.25, 0.3) is 0 Å². The molecular formula is C24H28BClN2O6. The second-order valence-electron chi connectivity index (χ2n) is 8.33. The summed E-state index contributed by atoms with van der Waals surface area (Å²) in [4.78, 5) is 28.4. The number of carbonyl (C=O) groups excluding carboxylic acids is 2. The Hall–Kier alpha value is -2.75. The molecular weight excluding hydrogens is 459 g/mol. The minimum absolute atomic E-state index is 0.113. The molecule has 180 valence electrons. The number of cyclic esters (lactones) is 1. The van der Waals surface area contributed by atoms with Crippen LogP contribution in [0.4, 0.5) is 4.79 Å². The molecule has 2 amide bonds. The van der Waals surface area contributed by atoms with Crippen LogP contribution in [0.2, 0.25) is 5.02 Å². The van der Waals surface area contributed by atoms with Crippen molar-refractivity contribution in [3.05, 3.63) is 64.7 Å². The fourth-order valence-electron chi connectivity index (χ4n) is 3.76. The number of carbonyl (C=O) groups is 2. The van der Waals surface area contributed by atoms with E-state index in [1.807, 2.05) is 30.3 Å². The van der Waals surface area contributed by atoms with E-state index in [1.54, 1.807) is 37.1 Å². The summed E-state index contributed by atoms with van der Waals surface area (Å²) in [5, 5.41) is 11.2. The monoisotopic (exact) mass is 486 g/mol. The minimum atomic E-state index is -1.18. The summed E-state index contributed by atoms with van der Waals surface area (Å²) in [5.74, 6) is -0.975. The standard InChI is InChI=1S/C24H28BClN2O6/c1-16(23(30)28-19(14-34-24(28)31)12-17-6-4-3-5-7-17)22(29)18-8-9-21(20(26)13-18)33-11-10-27(2)15-25-32/h3-9,13,16,19,22,29H,10-12,14-15H2,1-2H3. The molecule has 0 aliphatic carbocycles. The average molecular weight is 487 g/mol. The van der Waals surface area contributed by atoms with E-state index in [0.717, 1.165) is 17.6 Å². The van der Waals surface area contributed by atoms with Crippen LogP contribution in [-0.4, -0.2) is 73.3 Å². The van der Waals surface area contributed by atoms with Crippen molar-refractivity contribution in [3.8, 4) is 5.75 Å². The van der Waals surface area contributed by atoms with Gasteiger partial charge in [0.05, 0.1) is 6.04 Å². The van der Waals surface area contributed by atoms with Gasteiger partial charge >= 0.3 is 130 Å². The molecule has 2 aromatic carbocycles. The fourth-order valence-corrected chi connectivity index (χ4v) is 4.00. The molecule has 1 aliphatic rings. The Balaban J connectivity index is 1.64. The molecule has 8 nitrogen and oxygen atoms in total. The molecule has 10 heteroatoms. The van der Waals surface area contributed by atoms with Crippen molar-refractivity contribution in [3.63, 3.8) is 0 Å². The third-order valence-electron chi connectivity index (χ3n) is 5.79. The molecule has 1 fully saturated rings. The zero-order valence-corrected chi connectivity index (χ0v) is 20.0. The SMILES string of the molecule is CC(C(=O)N1C(=O)OCC1Cc1ccccc1)C(O)c1ccc(OCCN(C)CB=O)c(Cl)c1. The van der Waals surface area contributed by atoms with Crippen molar-refractivity contribution >= 4 is 30.8 Å². The molecule has 0 saturated carbocycles. The van der Waals surface area contributed by atoms with Crippen molar-refractivity contribution in [2.75, 3.05) is 33.3 Å². The summed E-state index contributed by atoms with van der Waals surface area (Å²) < 4.78 is 21.3. The third kappa shape index (κ3) is 6.43. The first kappa shape index (κ1) is 25.9. The van der Waals surface area contributed by atoms with Gasteiger partial charge in [0.1, 0.15) is 6.61 Å². The second-order valence-corrected chi connectivity index (χ2v) is 8.74. The van der Waals surface area contributed by atoms with E-state index in [4.69, 9.17) is 21.1 Å². The van der Waals surface area contributed by atoms with Gasteiger partial charge < -0.3 is 4.74 Å². The molecule has 34 heavy (non-hydrogen) atoms. The number of imide groups is 1. The number of ether oxygens (including phenoxy) is 2. The normalized spacial score (nSPS) is 17.3. The number of hydrogen-bond donors (Lipinski definition) is 1. The van der Waals surface area contributed by atoms with Crippen LogP contribution in [0.15, 0.2) is 48.5 Å². The number of amides is 2. The van der Waals surface area contributed by atoms with Crippen LogP contribution in [0, 0.1) is 5.92 Å². The molecule has 0 radical (unpaired) electrons. The van der Waals surface area contributed by atoms with Crippen LogP contribution in [-0.2, 0) is 20.7 Å². The van der Waals surface area contributed by atoms with Crippen LogP contribution in [0.3, 0.4) is 0 Å². The number of aliphatic hydroxyl groups excluding tert-OH is 1. The van der Waals surface area contributed by atoms with E-state index in [9.17, 15) is 19.4 Å². The molecule has 3 unspecified atom stereocenters. The van der Waals surface area contributed by atoms with Crippen LogP contribution < -0.4 is 4.74 Å². The van der Waals surface area contributed by atoms with Gasteiger partial charge in [0, 0.05) is 0 Å². The van der Waals surface area contributed by atoms with Gasteiger partial charge in [-0.1, -0.05) is 30.3 Å². The number of nitrogens with zero attached hydrogens (tertiary/aromatic N) is 2. The Morgan fingerprint density at radius 2 is 2.06 bits per heavy atom. The molecule has 3 rings (SSSR count). The van der Waals surface area contributed by atoms with Crippen molar-refractivity contribution in [1.29, 1.82) is 0 Å². The van der Waals surface area contributed by atoms with Crippen LogP contribution in [0.25, 0.3) is 0 Å². The van der Waals surface area contributed by atoms with Gasteiger partial charge in [-0.3, -0.25) is 4.79 Å². The average Bonchev–Trinajstić information content (AvgIpc) is 3.19. The zero-order valence-electron chi connectivity index (χ0n) is 19.2. The number of halogens is 1. The van der Waals surface area contributed by atoms with Crippen molar-refractivity contribution in [2.24, 2.45) is 5.92 Å². The number of likely N-dealkylation sites (N-methyl/N-ethyl adjacent to an activating group) is 1. The van der Waals surface area contributed by atoms with E-state index in [1.165, 1.54) is 0 Å². The molecule has 1 heterocycles. The molecule has 1 saturated heterocycles. The van der Waals surface area contributed by atoms with Gasteiger partial charge in [-0.05, 0) is 12.0 Å². The second kappa shape index (κ2) is 12.1. The number of hydrogen-bond acceptors (Lipinski definition) is 7. The Bertz CT molecular complexity index is 1010. The number of rotatable bonds is 11. The predicted octanol–water partition coefficient (Wildman–Crippen LogP) is 2.92. The van der Waals surface area contributed by atoms with Gasteiger partial charge in [-0.15, -0.1) is 0 Å². The van der Waals surface area contributed by atoms with Gasteiger partial charge in [-0.2, -0.15) is 0 Å². The summed E-state index contributed by atoms with van der Waals surface area (Å²) >= 11 is 6.32. The van der Waals surface area contributed by atoms with Crippen LogP contribution >= 0.6 is 11.6 Å². The van der Waals surface area contributed by atoms with E-state index in [2.05, 4.69) is 0 Å². The molecule has 2 aromatic rings. The quantitative estimate of drug-likeness (QED) is 0.488. The molecule has 0 spiro atoms. The van der Waals surface area contributed by atoms with Gasteiger partial charge in [-0.25, -0.2) is 9.69 Å². The third-order valence-corrected chi connectivity index (χ3v) is 6.09. The zero-order chi connectivity index (χ0) is 24.7. The first-order valence-electron chi connectivity index (χ1n) is 11.1. The van der Waals surface area contributed by atoms with Gasteiger partial charge in [0.2, 0.25) is 0 Å². The number of aliphatic hydroxyl groups is 1. The topological polar surface area (TPSA) is 96.4 Å². The summed E-state index contributed by atoms with van der Waals surface area (Å²) in [5.41, 5.74) is 1.42. The first-order chi connectivity index (χ1) is 16.3. The van der Waals surface area contributed by atoms with Crippen LogP contribution in [0.1, 0.15) is 24.2 Å². The Labute approximate surface area is 204 Å². The maximum absolute atomic E-state index is 13.2. The Kier molecular flexibility index (Phi) is 9.21. The summed E-state index contributed by atoms with van der Waals surface area (Å²) in [6.07, 6.45) is -1.10. The van der Waals surface area contributed by atoms with Crippen molar-refractivity contribution < 1.29 is 28.9 Å². The fraction of sp³-hybridized carbons (Fsp3) is 0.417. The van der Waals surface area contributed by atoms with E-state index in [-0.39, 0.29) is 11.6 Å². The molecule has 1 N–H and O–H groups in total. The summed E-state index contributed by atoms with van der Waals surface area (Å²) in [6, 6.07) is 13.9. The molecule has 3 atom stereocenters. The van der Waals surface area contributed by atoms with E-state index < -0.39 is 30.1 Å². The van der Waals surface area contributed by atoms with E-state index >= 15 is 0 Å². The molecule has 1 aliphatic heterocycles. The molecule has 0 aromatic heterocycles. The van der Waals surface area contributed by atoms with E-state index in [0.29, 0.717) is 37.3 Å². The summed E-state index contributed by atoms with van der Waals surface area (Å²) in [7, 11) is 2.62. The van der Waals surface area contributed by atoms with Gasteiger partial charge in [0.15, 0.2) is 0 Å². The maximum atomic E-state index is 13.2. The number of benzene rings is 2.